The molecule has 0 unspecified atom stereocenters. The highest BCUT2D eigenvalue weighted by atomic mass is 32.1. The van der Waals surface area contributed by atoms with E-state index in [1.54, 1.807) is 12.3 Å². The van der Waals surface area contributed by atoms with Crippen molar-refractivity contribution in [3.8, 4) is 28.2 Å². The van der Waals surface area contributed by atoms with E-state index in [1.165, 1.54) is 11.3 Å². The maximum absolute atomic E-state index is 11.7. The highest BCUT2D eigenvalue weighted by Gasteiger charge is 2.12. The lowest BCUT2D eigenvalue weighted by atomic mass is 10.2. The van der Waals surface area contributed by atoms with E-state index >= 15 is 0 Å². The van der Waals surface area contributed by atoms with Gasteiger partial charge in [-0.05, 0) is 38.1 Å². The number of esters is 1. The van der Waals surface area contributed by atoms with Crippen molar-refractivity contribution in [2.45, 2.75) is 13.8 Å². The lowest BCUT2D eigenvalue weighted by Crippen LogP contribution is -2.05. The number of hydrogen-bond acceptors (Lipinski definition) is 5. The molecule has 0 fully saturated rings. The molecule has 0 saturated heterocycles. The van der Waals surface area contributed by atoms with E-state index in [1.807, 2.05) is 31.2 Å². The molecule has 5 heteroatoms. The standard InChI is InChI=1S/C16H15NO3S/c1-3-5-10-20-16(18)14-11-21-15(17-14)12-6-8-13(9-7-12)19-4-2/h6-9,11H,4,10H2,1-2H3. The van der Waals surface area contributed by atoms with Gasteiger partial charge in [0.05, 0.1) is 6.61 Å². The third-order valence-electron chi connectivity index (χ3n) is 2.58. The Balaban J connectivity index is 2.07. The van der Waals surface area contributed by atoms with Crippen molar-refractivity contribution in [3.05, 3.63) is 35.3 Å². The summed E-state index contributed by atoms with van der Waals surface area (Å²) >= 11 is 1.40. The number of carbonyl (C=O) groups is 1. The van der Waals surface area contributed by atoms with Gasteiger partial charge in [-0.2, -0.15) is 0 Å². The SMILES string of the molecule is CC#CCOC(=O)c1csc(-c2ccc(OCC)cc2)n1. The maximum Gasteiger partial charge on any atom is 0.358 e. The largest absolute Gasteiger partial charge is 0.494 e. The Hall–Kier alpha value is -2.32. The van der Waals surface area contributed by atoms with Crippen molar-refractivity contribution in [2.24, 2.45) is 0 Å². The zero-order valence-corrected chi connectivity index (χ0v) is 12.7. The van der Waals surface area contributed by atoms with E-state index < -0.39 is 5.97 Å². The number of rotatable bonds is 5. The Morgan fingerprint density at radius 3 is 2.76 bits per heavy atom. The van der Waals surface area contributed by atoms with Gasteiger partial charge in [0.2, 0.25) is 0 Å². The van der Waals surface area contributed by atoms with Gasteiger partial charge in [0.25, 0.3) is 0 Å². The average molecular weight is 301 g/mol. The Kier molecular flexibility index (Phi) is 5.35. The number of thiazole rings is 1. The molecule has 4 nitrogen and oxygen atoms in total. The lowest BCUT2D eigenvalue weighted by molar-refractivity contribution is 0.0551. The molecule has 1 heterocycles. The molecule has 0 spiro atoms. The van der Waals surface area contributed by atoms with Gasteiger partial charge in [-0.25, -0.2) is 9.78 Å². The summed E-state index contributed by atoms with van der Waals surface area (Å²) in [5.74, 6) is 5.70. The fourth-order valence-corrected chi connectivity index (χ4v) is 2.40. The van der Waals surface area contributed by atoms with Crippen molar-refractivity contribution >= 4 is 17.3 Å². The van der Waals surface area contributed by atoms with Crippen LogP contribution >= 0.6 is 11.3 Å². The van der Waals surface area contributed by atoms with Crippen LogP contribution in [0.3, 0.4) is 0 Å². The third kappa shape index (κ3) is 4.07. The molecule has 0 aliphatic rings. The van der Waals surface area contributed by atoms with Crippen LogP contribution in [0.2, 0.25) is 0 Å². The van der Waals surface area contributed by atoms with Gasteiger partial charge in [0, 0.05) is 10.9 Å². The first-order valence-electron chi connectivity index (χ1n) is 6.50. The minimum Gasteiger partial charge on any atom is -0.494 e. The summed E-state index contributed by atoms with van der Waals surface area (Å²) in [5.41, 5.74) is 1.25. The van der Waals surface area contributed by atoms with Crippen LogP contribution < -0.4 is 4.74 Å². The molecule has 0 amide bonds. The summed E-state index contributed by atoms with van der Waals surface area (Å²) in [6.45, 7) is 4.36. The molecule has 2 rings (SSSR count). The van der Waals surface area contributed by atoms with Crippen LogP contribution in [0.15, 0.2) is 29.6 Å². The van der Waals surface area contributed by atoms with Crippen LogP contribution in [0, 0.1) is 11.8 Å². The summed E-state index contributed by atoms with van der Waals surface area (Å²) in [6, 6.07) is 7.60. The number of benzene rings is 1. The number of ether oxygens (including phenoxy) is 2. The van der Waals surface area contributed by atoms with Crippen molar-refractivity contribution in [1.29, 1.82) is 0 Å². The second-order valence-electron chi connectivity index (χ2n) is 4.00. The average Bonchev–Trinajstić information content (AvgIpc) is 2.98. The number of hydrogen-bond donors (Lipinski definition) is 0. The van der Waals surface area contributed by atoms with E-state index in [2.05, 4.69) is 16.8 Å². The van der Waals surface area contributed by atoms with Gasteiger partial charge < -0.3 is 9.47 Å². The maximum atomic E-state index is 11.7. The first-order valence-corrected chi connectivity index (χ1v) is 7.38. The molecule has 0 aliphatic carbocycles. The van der Waals surface area contributed by atoms with Gasteiger partial charge >= 0.3 is 5.97 Å². The third-order valence-corrected chi connectivity index (χ3v) is 3.47. The highest BCUT2D eigenvalue weighted by Crippen LogP contribution is 2.26. The van der Waals surface area contributed by atoms with Crippen LogP contribution in [0.4, 0.5) is 0 Å². The van der Waals surface area contributed by atoms with Crippen molar-refractivity contribution in [3.63, 3.8) is 0 Å². The smallest absolute Gasteiger partial charge is 0.358 e. The minimum atomic E-state index is -0.453. The van der Waals surface area contributed by atoms with Crippen LogP contribution in [-0.4, -0.2) is 24.2 Å². The first kappa shape index (κ1) is 15.1. The molecule has 0 aliphatic heterocycles. The Morgan fingerprint density at radius 2 is 2.10 bits per heavy atom. The predicted octanol–water partition coefficient (Wildman–Crippen LogP) is 3.39. The minimum absolute atomic E-state index is 0.0885. The number of aromatic nitrogens is 1. The molecule has 1 aromatic carbocycles. The molecule has 0 N–H and O–H groups in total. The Morgan fingerprint density at radius 1 is 1.33 bits per heavy atom. The summed E-state index contributed by atoms with van der Waals surface area (Å²) in [6.07, 6.45) is 0. The van der Waals surface area contributed by atoms with E-state index in [4.69, 9.17) is 9.47 Å². The van der Waals surface area contributed by atoms with Gasteiger partial charge in [-0.3, -0.25) is 0 Å². The van der Waals surface area contributed by atoms with Crippen LogP contribution in [-0.2, 0) is 4.74 Å². The summed E-state index contributed by atoms with van der Waals surface area (Å²) < 4.78 is 10.4. The summed E-state index contributed by atoms with van der Waals surface area (Å²) in [4.78, 5) is 16.0. The van der Waals surface area contributed by atoms with Gasteiger partial charge in [0.15, 0.2) is 12.3 Å². The Bertz CT molecular complexity index is 665. The predicted molar refractivity (Wildman–Crippen MR) is 82.5 cm³/mol. The summed E-state index contributed by atoms with van der Waals surface area (Å²) in [5, 5.41) is 2.46. The topological polar surface area (TPSA) is 48.4 Å². The molecule has 0 saturated carbocycles. The van der Waals surface area contributed by atoms with E-state index in [0.29, 0.717) is 12.3 Å². The molecule has 1 aromatic heterocycles. The van der Waals surface area contributed by atoms with E-state index in [0.717, 1.165) is 16.3 Å². The fourth-order valence-electron chi connectivity index (χ4n) is 1.61. The van der Waals surface area contributed by atoms with E-state index in [9.17, 15) is 4.79 Å². The monoisotopic (exact) mass is 301 g/mol. The normalized spacial score (nSPS) is 9.62. The summed E-state index contributed by atoms with van der Waals surface area (Å²) in [7, 11) is 0. The molecule has 0 bridgehead atoms. The molecular formula is C16H15NO3S. The molecule has 108 valence electrons. The van der Waals surface area contributed by atoms with Crippen molar-refractivity contribution < 1.29 is 14.3 Å². The fraction of sp³-hybridized carbons (Fsp3) is 0.250. The van der Waals surface area contributed by atoms with Crippen molar-refractivity contribution in [1.82, 2.24) is 4.98 Å². The molecule has 2 aromatic rings. The highest BCUT2D eigenvalue weighted by molar-refractivity contribution is 7.13. The van der Waals surface area contributed by atoms with Gasteiger partial charge in [0.1, 0.15) is 10.8 Å². The molecule has 21 heavy (non-hydrogen) atoms. The number of carbonyl (C=O) groups excluding carboxylic acids is 1. The van der Waals surface area contributed by atoms with E-state index in [-0.39, 0.29) is 6.61 Å². The van der Waals surface area contributed by atoms with Gasteiger partial charge in [-0.1, -0.05) is 5.92 Å². The second-order valence-corrected chi connectivity index (χ2v) is 4.86. The molecular weight excluding hydrogens is 286 g/mol. The quantitative estimate of drug-likeness (QED) is 0.627. The lowest BCUT2D eigenvalue weighted by Gasteiger charge is -2.02. The number of nitrogens with zero attached hydrogens (tertiary/aromatic N) is 1. The second kappa shape index (κ2) is 7.46. The zero-order valence-electron chi connectivity index (χ0n) is 11.9. The first-order chi connectivity index (χ1) is 10.2. The molecule has 0 radical (unpaired) electrons. The molecule has 0 atom stereocenters. The van der Waals surface area contributed by atoms with Crippen LogP contribution in [0.25, 0.3) is 10.6 Å². The van der Waals surface area contributed by atoms with Crippen molar-refractivity contribution in [2.75, 3.05) is 13.2 Å². The van der Waals surface area contributed by atoms with Gasteiger partial charge in [-0.15, -0.1) is 17.3 Å². The van der Waals surface area contributed by atoms with Crippen LogP contribution in [0.5, 0.6) is 5.75 Å². The zero-order chi connectivity index (χ0) is 15.1. The Labute approximate surface area is 127 Å². The van der Waals surface area contributed by atoms with Crippen LogP contribution in [0.1, 0.15) is 24.3 Å².